The van der Waals surface area contributed by atoms with E-state index >= 15 is 0 Å². The van der Waals surface area contributed by atoms with Crippen LogP contribution < -0.4 is 11.1 Å². The zero-order valence-corrected chi connectivity index (χ0v) is 10.2. The summed E-state index contributed by atoms with van der Waals surface area (Å²) in [5, 5.41) is 2.50. The second-order valence-electron chi connectivity index (χ2n) is 3.94. The lowest BCUT2D eigenvalue weighted by Crippen LogP contribution is -2.44. The van der Waals surface area contributed by atoms with Gasteiger partial charge in [0.1, 0.15) is 6.04 Å². The summed E-state index contributed by atoms with van der Waals surface area (Å²) in [7, 11) is 1.42. The normalized spacial score (nSPS) is 14.1. The summed E-state index contributed by atoms with van der Waals surface area (Å²) in [5.74, 6) is -2.39. The maximum atomic E-state index is 13.5. The van der Waals surface area contributed by atoms with E-state index in [1.54, 1.807) is 6.92 Å². The fraction of sp³-hybridized carbons (Fsp3) is 0.417. The van der Waals surface area contributed by atoms with E-state index in [1.165, 1.54) is 19.2 Å². The van der Waals surface area contributed by atoms with Gasteiger partial charge >= 0.3 is 0 Å². The first kappa shape index (κ1) is 14.5. The molecule has 0 aliphatic carbocycles. The van der Waals surface area contributed by atoms with E-state index in [0.717, 1.165) is 6.07 Å². The van der Waals surface area contributed by atoms with Gasteiger partial charge in [0, 0.05) is 12.7 Å². The summed E-state index contributed by atoms with van der Waals surface area (Å²) in [5.41, 5.74) is 5.59. The Labute approximate surface area is 104 Å². The van der Waals surface area contributed by atoms with E-state index < -0.39 is 29.6 Å². The summed E-state index contributed by atoms with van der Waals surface area (Å²) in [6, 6.07) is 2.30. The quantitative estimate of drug-likeness (QED) is 0.831. The van der Waals surface area contributed by atoms with Crippen molar-refractivity contribution in [3.8, 4) is 0 Å². The Balaban J connectivity index is 2.73. The number of nitrogens with two attached hydrogens (primary N) is 1. The molecule has 1 rings (SSSR count). The van der Waals surface area contributed by atoms with Gasteiger partial charge in [-0.2, -0.15) is 0 Å². The van der Waals surface area contributed by atoms with Gasteiger partial charge in [0.15, 0.2) is 11.6 Å². The maximum absolute atomic E-state index is 13.5. The van der Waals surface area contributed by atoms with Crippen molar-refractivity contribution in [2.45, 2.75) is 19.0 Å². The van der Waals surface area contributed by atoms with Crippen LogP contribution in [0.5, 0.6) is 0 Å². The molecule has 0 bridgehead atoms. The first-order valence-electron chi connectivity index (χ1n) is 5.46. The van der Waals surface area contributed by atoms with Crippen molar-refractivity contribution in [2.75, 3.05) is 13.7 Å². The summed E-state index contributed by atoms with van der Waals surface area (Å²) in [6.45, 7) is 1.61. The fourth-order valence-electron chi connectivity index (χ4n) is 1.51. The smallest absolute Gasteiger partial charge is 0.239 e. The molecule has 0 radical (unpaired) electrons. The lowest BCUT2D eigenvalue weighted by atomic mass is 10.1. The Bertz CT molecular complexity index is 427. The molecular weight excluding hydrogens is 242 g/mol. The minimum Gasteiger partial charge on any atom is -0.383 e. The van der Waals surface area contributed by atoms with Crippen LogP contribution in [0.3, 0.4) is 0 Å². The van der Waals surface area contributed by atoms with E-state index in [9.17, 15) is 13.6 Å². The van der Waals surface area contributed by atoms with Crippen molar-refractivity contribution in [1.82, 2.24) is 5.32 Å². The van der Waals surface area contributed by atoms with Gasteiger partial charge in [-0.25, -0.2) is 8.78 Å². The predicted octanol–water partition coefficient (Wildman–Crippen LogP) is 1.12. The van der Waals surface area contributed by atoms with E-state index in [1.807, 2.05) is 0 Å². The average molecular weight is 258 g/mol. The van der Waals surface area contributed by atoms with E-state index in [4.69, 9.17) is 10.5 Å². The van der Waals surface area contributed by atoms with Gasteiger partial charge in [-0.05, 0) is 13.0 Å². The van der Waals surface area contributed by atoms with Crippen LogP contribution in [-0.2, 0) is 9.53 Å². The van der Waals surface area contributed by atoms with Gasteiger partial charge in [0.2, 0.25) is 5.91 Å². The molecule has 0 spiro atoms. The van der Waals surface area contributed by atoms with Crippen LogP contribution in [0.1, 0.15) is 18.5 Å². The number of benzene rings is 1. The van der Waals surface area contributed by atoms with Crippen LogP contribution in [0.2, 0.25) is 0 Å². The van der Waals surface area contributed by atoms with Crippen molar-refractivity contribution in [3.63, 3.8) is 0 Å². The fourth-order valence-corrected chi connectivity index (χ4v) is 1.51. The topological polar surface area (TPSA) is 64.3 Å². The second-order valence-corrected chi connectivity index (χ2v) is 3.94. The van der Waals surface area contributed by atoms with Crippen molar-refractivity contribution in [3.05, 3.63) is 35.4 Å². The molecule has 0 saturated heterocycles. The molecule has 3 N–H and O–H groups in total. The molecule has 0 heterocycles. The standard InChI is InChI=1S/C12H16F2N2O2/c1-7(16-12(17)10(15)6-18-2)8-4-3-5-9(13)11(8)14/h3-5,7,10H,6,15H2,1-2H3,(H,16,17). The Kier molecular flexibility index (Phi) is 5.18. The third-order valence-corrected chi connectivity index (χ3v) is 2.49. The van der Waals surface area contributed by atoms with Gasteiger partial charge in [-0.3, -0.25) is 4.79 Å². The summed E-state index contributed by atoms with van der Waals surface area (Å²) in [6.07, 6.45) is 0. The van der Waals surface area contributed by atoms with Crippen LogP contribution in [0.25, 0.3) is 0 Å². The number of methoxy groups -OCH3 is 1. The highest BCUT2D eigenvalue weighted by Crippen LogP contribution is 2.18. The van der Waals surface area contributed by atoms with Crippen molar-refractivity contribution in [1.29, 1.82) is 0 Å². The highest BCUT2D eigenvalue weighted by Gasteiger charge is 2.19. The first-order chi connectivity index (χ1) is 8.47. The number of nitrogens with one attached hydrogen (secondary N) is 1. The van der Waals surface area contributed by atoms with Crippen LogP contribution in [0.4, 0.5) is 8.78 Å². The third kappa shape index (κ3) is 3.48. The van der Waals surface area contributed by atoms with Crippen LogP contribution in [-0.4, -0.2) is 25.7 Å². The van der Waals surface area contributed by atoms with Crippen molar-refractivity contribution < 1.29 is 18.3 Å². The Morgan fingerprint density at radius 2 is 2.17 bits per heavy atom. The molecule has 100 valence electrons. The average Bonchev–Trinajstić information content (AvgIpc) is 2.32. The summed E-state index contributed by atoms with van der Waals surface area (Å²) < 4.78 is 31.2. The number of halogens is 2. The van der Waals surface area contributed by atoms with Crippen LogP contribution in [0, 0.1) is 11.6 Å². The molecular formula is C12H16F2N2O2. The first-order valence-corrected chi connectivity index (χ1v) is 5.46. The van der Waals surface area contributed by atoms with Gasteiger partial charge < -0.3 is 15.8 Å². The highest BCUT2D eigenvalue weighted by atomic mass is 19.2. The zero-order valence-electron chi connectivity index (χ0n) is 10.2. The molecule has 1 aromatic rings. The number of rotatable bonds is 5. The lowest BCUT2D eigenvalue weighted by Gasteiger charge is -2.18. The maximum Gasteiger partial charge on any atom is 0.239 e. The molecule has 6 heteroatoms. The minimum atomic E-state index is -0.967. The zero-order chi connectivity index (χ0) is 13.7. The number of hydrogen-bond donors (Lipinski definition) is 2. The van der Waals surface area contributed by atoms with E-state index in [-0.39, 0.29) is 12.2 Å². The monoisotopic (exact) mass is 258 g/mol. The summed E-state index contributed by atoms with van der Waals surface area (Å²) >= 11 is 0. The lowest BCUT2D eigenvalue weighted by molar-refractivity contribution is -0.124. The molecule has 0 aromatic heterocycles. The molecule has 1 amide bonds. The largest absolute Gasteiger partial charge is 0.383 e. The molecule has 18 heavy (non-hydrogen) atoms. The number of hydrogen-bond acceptors (Lipinski definition) is 3. The van der Waals surface area contributed by atoms with Gasteiger partial charge in [-0.1, -0.05) is 12.1 Å². The van der Waals surface area contributed by atoms with Crippen molar-refractivity contribution in [2.24, 2.45) is 5.73 Å². The molecule has 0 fully saturated rings. The Morgan fingerprint density at radius 1 is 1.50 bits per heavy atom. The minimum absolute atomic E-state index is 0.0597. The highest BCUT2D eigenvalue weighted by molar-refractivity contribution is 5.82. The van der Waals surface area contributed by atoms with E-state index in [2.05, 4.69) is 5.32 Å². The van der Waals surface area contributed by atoms with Gasteiger partial charge in [0.25, 0.3) is 0 Å². The Hall–Kier alpha value is -1.53. The molecule has 1 aromatic carbocycles. The number of carbonyl (C=O) groups is 1. The van der Waals surface area contributed by atoms with Crippen LogP contribution in [0.15, 0.2) is 18.2 Å². The van der Waals surface area contributed by atoms with E-state index in [0.29, 0.717) is 0 Å². The molecule has 2 unspecified atom stereocenters. The molecule has 2 atom stereocenters. The molecule has 4 nitrogen and oxygen atoms in total. The third-order valence-electron chi connectivity index (χ3n) is 2.49. The predicted molar refractivity (Wildman–Crippen MR) is 62.8 cm³/mol. The number of amides is 1. The number of carbonyl (C=O) groups excluding carboxylic acids is 1. The number of ether oxygens (including phenoxy) is 1. The Morgan fingerprint density at radius 3 is 2.78 bits per heavy atom. The molecule has 0 aliphatic rings. The van der Waals surface area contributed by atoms with Crippen LogP contribution >= 0.6 is 0 Å². The molecule has 0 aliphatic heterocycles. The second kappa shape index (κ2) is 6.42. The van der Waals surface area contributed by atoms with Gasteiger partial charge in [-0.15, -0.1) is 0 Å². The van der Waals surface area contributed by atoms with Gasteiger partial charge in [0.05, 0.1) is 12.6 Å². The SMILES string of the molecule is COCC(N)C(=O)NC(C)c1cccc(F)c1F. The van der Waals surface area contributed by atoms with Crippen molar-refractivity contribution >= 4 is 5.91 Å². The summed E-state index contributed by atoms with van der Waals surface area (Å²) in [4.78, 5) is 11.6. The molecule has 0 saturated carbocycles.